The predicted octanol–water partition coefficient (Wildman–Crippen LogP) is 4.19. The minimum atomic E-state index is -4.61. The van der Waals surface area contributed by atoms with E-state index in [0.717, 1.165) is 0 Å². The highest BCUT2D eigenvalue weighted by Gasteiger charge is 2.36. The van der Waals surface area contributed by atoms with Crippen LogP contribution in [0.25, 0.3) is 0 Å². The highest BCUT2D eigenvalue weighted by molar-refractivity contribution is 5.56. The summed E-state index contributed by atoms with van der Waals surface area (Å²) in [5.41, 5.74) is -0.510. The summed E-state index contributed by atoms with van der Waals surface area (Å²) in [7, 11) is 1.56. The van der Waals surface area contributed by atoms with E-state index < -0.39 is 29.5 Å². The average molecular weight is 329 g/mol. The molecule has 2 aromatic rings. The molecule has 0 atom stereocenters. The zero-order valence-electron chi connectivity index (χ0n) is 12.7. The number of hydrogen-bond donors (Lipinski definition) is 0. The number of aromatic nitrogens is 2. The molecule has 0 bridgehead atoms. The lowest BCUT2D eigenvalue weighted by Crippen LogP contribution is -2.19. The fourth-order valence-corrected chi connectivity index (χ4v) is 1.81. The van der Waals surface area contributed by atoms with Gasteiger partial charge in [-0.25, -0.2) is 9.37 Å². The fourth-order valence-electron chi connectivity index (χ4n) is 1.81. The Bertz CT molecular complexity index is 671. The number of nitrogens with zero attached hydrogens (tertiary/aromatic N) is 3. The van der Waals surface area contributed by atoms with Crippen LogP contribution in [0.1, 0.15) is 19.4 Å². The van der Waals surface area contributed by atoms with Crippen molar-refractivity contribution >= 4 is 11.6 Å². The van der Waals surface area contributed by atoms with Gasteiger partial charge in [-0.05, 0) is 38.1 Å². The highest BCUT2D eigenvalue weighted by atomic mass is 19.4. The molecule has 0 amide bonds. The van der Waals surface area contributed by atoms with Crippen molar-refractivity contribution in [1.29, 1.82) is 0 Å². The summed E-state index contributed by atoms with van der Waals surface area (Å²) in [6.07, 6.45) is -4.41. The molecule has 0 aliphatic carbocycles. The van der Waals surface area contributed by atoms with E-state index in [1.807, 2.05) is 0 Å². The van der Waals surface area contributed by atoms with Gasteiger partial charge in [0, 0.05) is 18.9 Å². The number of benzene rings is 1. The van der Waals surface area contributed by atoms with Gasteiger partial charge >= 0.3 is 6.18 Å². The molecule has 1 aromatic carbocycles. The van der Waals surface area contributed by atoms with Crippen molar-refractivity contribution in [1.82, 2.24) is 9.97 Å². The lowest BCUT2D eigenvalue weighted by molar-refractivity contribution is -0.139. The lowest BCUT2D eigenvalue weighted by atomic mass is 10.3. The molecule has 0 N–H and O–H groups in total. The Morgan fingerprint density at radius 1 is 1.13 bits per heavy atom. The van der Waals surface area contributed by atoms with Crippen LogP contribution in [0.15, 0.2) is 30.5 Å². The number of hydrogen-bond acceptors (Lipinski definition) is 4. The van der Waals surface area contributed by atoms with Gasteiger partial charge < -0.3 is 9.64 Å². The lowest BCUT2D eigenvalue weighted by Gasteiger charge is -2.20. The molecular formula is C15H15F4N3O. The Labute approximate surface area is 130 Å². The van der Waals surface area contributed by atoms with E-state index in [1.54, 1.807) is 20.9 Å². The van der Waals surface area contributed by atoms with Crippen LogP contribution in [0, 0.1) is 5.82 Å². The molecule has 2 rings (SSSR count). The normalized spacial score (nSPS) is 11.7. The van der Waals surface area contributed by atoms with Crippen molar-refractivity contribution in [3.63, 3.8) is 0 Å². The number of anilines is 2. The molecule has 1 aromatic heterocycles. The minimum Gasteiger partial charge on any atom is -0.474 e. The maximum Gasteiger partial charge on any atom is 0.423 e. The molecule has 124 valence electrons. The second kappa shape index (κ2) is 6.39. The van der Waals surface area contributed by atoms with Crippen LogP contribution in [0.3, 0.4) is 0 Å². The maximum absolute atomic E-state index is 13.0. The molecule has 0 unspecified atom stereocenters. The third-order valence-electron chi connectivity index (χ3n) is 2.91. The molecular weight excluding hydrogens is 314 g/mol. The summed E-state index contributed by atoms with van der Waals surface area (Å²) in [5, 5.41) is 0. The molecule has 8 heteroatoms. The molecule has 0 aliphatic rings. The molecule has 0 aliphatic heterocycles. The van der Waals surface area contributed by atoms with Gasteiger partial charge in [0.1, 0.15) is 11.4 Å². The quantitative estimate of drug-likeness (QED) is 0.789. The van der Waals surface area contributed by atoms with Gasteiger partial charge in [0.05, 0.1) is 6.10 Å². The van der Waals surface area contributed by atoms with E-state index >= 15 is 0 Å². The largest absolute Gasteiger partial charge is 0.474 e. The Balaban J connectivity index is 2.41. The van der Waals surface area contributed by atoms with Gasteiger partial charge in [-0.3, -0.25) is 0 Å². The molecule has 0 fully saturated rings. The summed E-state index contributed by atoms with van der Waals surface area (Å²) >= 11 is 0. The highest BCUT2D eigenvalue weighted by Crippen LogP contribution is 2.36. The van der Waals surface area contributed by atoms with Crippen LogP contribution < -0.4 is 9.64 Å². The van der Waals surface area contributed by atoms with Crippen LogP contribution in [0.4, 0.5) is 29.2 Å². The Kier molecular flexibility index (Phi) is 4.72. The monoisotopic (exact) mass is 329 g/mol. The fraction of sp³-hybridized carbons (Fsp3) is 0.333. The van der Waals surface area contributed by atoms with Crippen LogP contribution in [-0.4, -0.2) is 23.1 Å². The Morgan fingerprint density at radius 2 is 1.74 bits per heavy atom. The first-order chi connectivity index (χ1) is 10.7. The van der Waals surface area contributed by atoms with Crippen molar-refractivity contribution in [2.45, 2.75) is 26.1 Å². The van der Waals surface area contributed by atoms with Crippen molar-refractivity contribution < 1.29 is 22.3 Å². The second-order valence-electron chi connectivity index (χ2n) is 5.09. The molecule has 0 spiro atoms. The van der Waals surface area contributed by atoms with Crippen LogP contribution in [-0.2, 0) is 6.18 Å². The van der Waals surface area contributed by atoms with Gasteiger partial charge in [-0.1, -0.05) is 0 Å². The number of alkyl halides is 3. The smallest absolute Gasteiger partial charge is 0.423 e. The molecule has 4 nitrogen and oxygen atoms in total. The van der Waals surface area contributed by atoms with Crippen LogP contribution in [0.5, 0.6) is 5.88 Å². The predicted molar refractivity (Wildman–Crippen MR) is 77.3 cm³/mol. The van der Waals surface area contributed by atoms with E-state index in [1.165, 1.54) is 29.2 Å². The van der Waals surface area contributed by atoms with E-state index in [0.29, 0.717) is 11.9 Å². The van der Waals surface area contributed by atoms with Crippen LogP contribution >= 0.6 is 0 Å². The van der Waals surface area contributed by atoms with Crippen molar-refractivity contribution in [2.24, 2.45) is 0 Å². The third-order valence-corrected chi connectivity index (χ3v) is 2.91. The Hall–Kier alpha value is -2.38. The van der Waals surface area contributed by atoms with Crippen LogP contribution in [0.2, 0.25) is 0 Å². The van der Waals surface area contributed by atoms with E-state index in [9.17, 15) is 17.6 Å². The summed E-state index contributed by atoms with van der Waals surface area (Å²) in [4.78, 5) is 9.03. The number of halogens is 4. The number of ether oxygens (including phenoxy) is 1. The van der Waals surface area contributed by atoms with Gasteiger partial charge in [-0.2, -0.15) is 18.2 Å². The maximum atomic E-state index is 13.0. The minimum absolute atomic E-state index is 0.0141. The van der Waals surface area contributed by atoms with Crippen molar-refractivity contribution in [3.05, 3.63) is 41.8 Å². The molecule has 0 saturated heterocycles. The summed E-state index contributed by atoms with van der Waals surface area (Å²) in [5.74, 6) is -0.939. The summed E-state index contributed by atoms with van der Waals surface area (Å²) in [6, 6.07) is 5.42. The topological polar surface area (TPSA) is 38.2 Å². The van der Waals surface area contributed by atoms with E-state index in [-0.39, 0.29) is 5.95 Å². The molecule has 23 heavy (non-hydrogen) atoms. The molecule has 0 radical (unpaired) electrons. The second-order valence-corrected chi connectivity index (χ2v) is 5.09. The number of rotatable bonds is 4. The SMILES string of the molecule is CC(C)Oc1nc(N(C)c2ccc(F)cc2)ncc1C(F)(F)F. The zero-order valence-corrected chi connectivity index (χ0v) is 12.7. The van der Waals surface area contributed by atoms with Gasteiger partial charge in [-0.15, -0.1) is 0 Å². The first-order valence-electron chi connectivity index (χ1n) is 6.78. The Morgan fingerprint density at radius 3 is 2.26 bits per heavy atom. The van der Waals surface area contributed by atoms with Crippen molar-refractivity contribution in [3.8, 4) is 5.88 Å². The van der Waals surface area contributed by atoms with E-state index in [2.05, 4.69) is 9.97 Å². The summed E-state index contributed by atoms with van der Waals surface area (Å²) < 4.78 is 57.1. The van der Waals surface area contributed by atoms with Gasteiger partial charge in [0.15, 0.2) is 0 Å². The van der Waals surface area contributed by atoms with Gasteiger partial charge in [0.25, 0.3) is 0 Å². The first kappa shape index (κ1) is 17.0. The first-order valence-corrected chi connectivity index (χ1v) is 6.78. The van der Waals surface area contributed by atoms with Crippen molar-refractivity contribution in [2.75, 3.05) is 11.9 Å². The molecule has 0 saturated carbocycles. The van der Waals surface area contributed by atoms with Gasteiger partial charge in [0.2, 0.25) is 11.8 Å². The molecule has 1 heterocycles. The average Bonchev–Trinajstić information content (AvgIpc) is 2.45. The summed E-state index contributed by atoms with van der Waals surface area (Å²) in [6.45, 7) is 3.21. The van der Waals surface area contributed by atoms with E-state index in [4.69, 9.17) is 4.74 Å². The third kappa shape index (κ3) is 4.08. The zero-order chi connectivity index (χ0) is 17.2. The standard InChI is InChI=1S/C15H15F4N3O/c1-9(2)23-13-12(15(17,18)19)8-20-14(21-13)22(3)11-6-4-10(16)5-7-11/h4-9H,1-3H3.